The maximum absolute atomic E-state index is 3.73. The summed E-state index contributed by atoms with van der Waals surface area (Å²) in [7, 11) is 6.60. The van der Waals surface area contributed by atoms with E-state index >= 15 is 0 Å². The molecule has 0 saturated heterocycles. The Morgan fingerprint density at radius 3 is 2.35 bits per heavy atom. The van der Waals surface area contributed by atoms with E-state index in [1.54, 1.807) is 0 Å². The van der Waals surface area contributed by atoms with E-state index in [0.717, 1.165) is 36.9 Å². The Bertz CT molecular complexity index is 253. The first-order valence-electron chi connectivity index (χ1n) is 8.50. The van der Waals surface area contributed by atoms with E-state index in [-0.39, 0.29) is 0 Å². The molecule has 0 heterocycles. The Morgan fingerprint density at radius 1 is 1.10 bits per heavy atom. The number of likely N-dealkylation sites (N-methyl/N-ethyl adjacent to an activating group) is 2. The summed E-state index contributed by atoms with van der Waals surface area (Å²) in [6, 6.07) is 0.733. The summed E-state index contributed by atoms with van der Waals surface area (Å²) in [5.74, 6) is 2.59. The predicted octanol–water partition coefficient (Wildman–Crippen LogP) is 2.53. The van der Waals surface area contributed by atoms with Gasteiger partial charge in [0.15, 0.2) is 0 Å². The van der Waals surface area contributed by atoms with Crippen LogP contribution in [-0.4, -0.2) is 63.2 Å². The van der Waals surface area contributed by atoms with E-state index < -0.39 is 0 Å². The largest absolute Gasteiger partial charge is 0.314 e. The van der Waals surface area contributed by atoms with E-state index in [4.69, 9.17) is 0 Å². The molecule has 0 aromatic heterocycles. The summed E-state index contributed by atoms with van der Waals surface area (Å²) in [5, 5.41) is 3.73. The quantitative estimate of drug-likeness (QED) is 0.738. The Balaban J connectivity index is 2.50. The predicted molar refractivity (Wildman–Crippen MR) is 89.2 cm³/mol. The normalized spacial score (nSPS) is 27.8. The van der Waals surface area contributed by atoms with Crippen LogP contribution in [0.15, 0.2) is 0 Å². The first kappa shape index (κ1) is 17.9. The fraction of sp³-hybridized carbons (Fsp3) is 1.00. The van der Waals surface area contributed by atoms with Crippen molar-refractivity contribution < 1.29 is 0 Å². The first-order valence-corrected chi connectivity index (χ1v) is 8.50. The molecule has 0 bridgehead atoms. The molecule has 0 aromatic rings. The molecule has 20 heavy (non-hydrogen) atoms. The summed E-state index contributed by atoms with van der Waals surface area (Å²) in [6.07, 6.45) is 4.18. The molecule has 0 amide bonds. The summed E-state index contributed by atoms with van der Waals surface area (Å²) in [5.41, 5.74) is 0. The van der Waals surface area contributed by atoms with Crippen molar-refractivity contribution in [3.05, 3.63) is 0 Å². The van der Waals surface area contributed by atoms with Crippen LogP contribution >= 0.6 is 0 Å². The van der Waals surface area contributed by atoms with Crippen LogP contribution < -0.4 is 5.32 Å². The maximum Gasteiger partial charge on any atom is 0.0108 e. The van der Waals surface area contributed by atoms with Gasteiger partial charge in [0.1, 0.15) is 0 Å². The van der Waals surface area contributed by atoms with E-state index in [0.29, 0.717) is 0 Å². The molecule has 1 N–H and O–H groups in total. The highest BCUT2D eigenvalue weighted by Crippen LogP contribution is 2.34. The third-order valence-corrected chi connectivity index (χ3v) is 4.91. The van der Waals surface area contributed by atoms with Crippen LogP contribution in [0.2, 0.25) is 0 Å². The van der Waals surface area contributed by atoms with E-state index in [1.807, 2.05) is 0 Å². The molecule has 0 spiro atoms. The summed E-state index contributed by atoms with van der Waals surface area (Å²) >= 11 is 0. The molecule has 0 aromatic carbocycles. The lowest BCUT2D eigenvalue weighted by Crippen LogP contribution is -2.46. The SMILES string of the molecule is CCNC1CCC(C(C)C)CC1CN(C)CCN(C)C. The van der Waals surface area contributed by atoms with Crippen LogP contribution in [0.25, 0.3) is 0 Å². The second-order valence-corrected chi connectivity index (χ2v) is 7.31. The van der Waals surface area contributed by atoms with Crippen molar-refractivity contribution in [2.75, 3.05) is 47.3 Å². The zero-order valence-corrected chi connectivity index (χ0v) is 14.7. The molecule has 3 unspecified atom stereocenters. The van der Waals surface area contributed by atoms with Crippen molar-refractivity contribution in [2.45, 2.75) is 46.1 Å². The van der Waals surface area contributed by atoms with E-state index in [9.17, 15) is 0 Å². The van der Waals surface area contributed by atoms with Gasteiger partial charge in [-0.1, -0.05) is 20.8 Å². The van der Waals surface area contributed by atoms with Gasteiger partial charge in [-0.2, -0.15) is 0 Å². The van der Waals surface area contributed by atoms with Gasteiger partial charge in [-0.3, -0.25) is 0 Å². The number of hydrogen-bond donors (Lipinski definition) is 1. The van der Waals surface area contributed by atoms with Crippen molar-refractivity contribution in [1.82, 2.24) is 15.1 Å². The first-order chi connectivity index (χ1) is 9.43. The van der Waals surface area contributed by atoms with Crippen molar-refractivity contribution >= 4 is 0 Å². The van der Waals surface area contributed by atoms with Crippen molar-refractivity contribution in [2.24, 2.45) is 17.8 Å². The average molecular weight is 284 g/mol. The lowest BCUT2D eigenvalue weighted by Gasteiger charge is -2.40. The van der Waals surface area contributed by atoms with Crippen LogP contribution in [0.1, 0.15) is 40.0 Å². The fourth-order valence-corrected chi connectivity index (χ4v) is 3.50. The third-order valence-electron chi connectivity index (χ3n) is 4.91. The van der Waals surface area contributed by atoms with Crippen LogP contribution in [-0.2, 0) is 0 Å². The van der Waals surface area contributed by atoms with E-state index in [1.165, 1.54) is 32.4 Å². The summed E-state index contributed by atoms with van der Waals surface area (Å²) in [6.45, 7) is 11.7. The maximum atomic E-state index is 3.73. The lowest BCUT2D eigenvalue weighted by atomic mass is 9.73. The minimum Gasteiger partial charge on any atom is -0.314 e. The van der Waals surface area contributed by atoms with Gasteiger partial charge in [0.25, 0.3) is 0 Å². The van der Waals surface area contributed by atoms with Gasteiger partial charge in [-0.15, -0.1) is 0 Å². The molecule has 1 fully saturated rings. The Labute approximate surface area is 127 Å². The Kier molecular flexibility index (Phi) is 8.08. The number of nitrogens with zero attached hydrogens (tertiary/aromatic N) is 2. The van der Waals surface area contributed by atoms with E-state index in [2.05, 4.69) is 57.0 Å². The molecular formula is C17H37N3. The lowest BCUT2D eigenvalue weighted by molar-refractivity contribution is 0.130. The molecule has 1 rings (SSSR count). The average Bonchev–Trinajstić information content (AvgIpc) is 2.38. The highest BCUT2D eigenvalue weighted by atomic mass is 15.2. The Hall–Kier alpha value is -0.120. The third kappa shape index (κ3) is 6.11. The molecule has 1 saturated carbocycles. The standard InChI is InChI=1S/C17H37N3/c1-7-18-17-9-8-15(14(2)3)12-16(17)13-20(6)11-10-19(4)5/h14-18H,7-13H2,1-6H3. The fourth-order valence-electron chi connectivity index (χ4n) is 3.50. The molecule has 0 aliphatic heterocycles. The Morgan fingerprint density at radius 2 is 1.80 bits per heavy atom. The van der Waals surface area contributed by atoms with Gasteiger partial charge >= 0.3 is 0 Å². The smallest absolute Gasteiger partial charge is 0.0108 e. The molecule has 1 aliphatic rings. The van der Waals surface area contributed by atoms with Gasteiger partial charge in [0.2, 0.25) is 0 Å². The van der Waals surface area contributed by atoms with Crippen LogP contribution in [0.4, 0.5) is 0 Å². The highest BCUT2D eigenvalue weighted by Gasteiger charge is 2.31. The minimum atomic E-state index is 0.733. The monoisotopic (exact) mass is 283 g/mol. The van der Waals surface area contributed by atoms with Gasteiger partial charge in [0.05, 0.1) is 0 Å². The molecular weight excluding hydrogens is 246 g/mol. The molecule has 1 aliphatic carbocycles. The number of rotatable bonds is 8. The van der Waals surface area contributed by atoms with Gasteiger partial charge in [-0.05, 0) is 64.7 Å². The molecule has 120 valence electrons. The van der Waals surface area contributed by atoms with Gasteiger partial charge < -0.3 is 15.1 Å². The van der Waals surface area contributed by atoms with Crippen molar-refractivity contribution in [3.8, 4) is 0 Å². The second-order valence-electron chi connectivity index (χ2n) is 7.31. The van der Waals surface area contributed by atoms with Crippen molar-refractivity contribution in [3.63, 3.8) is 0 Å². The summed E-state index contributed by atoms with van der Waals surface area (Å²) < 4.78 is 0. The zero-order chi connectivity index (χ0) is 15.1. The molecule has 3 atom stereocenters. The zero-order valence-electron chi connectivity index (χ0n) is 14.7. The van der Waals surface area contributed by atoms with Gasteiger partial charge in [0, 0.05) is 25.7 Å². The molecule has 3 nitrogen and oxygen atoms in total. The molecule has 0 radical (unpaired) electrons. The summed E-state index contributed by atoms with van der Waals surface area (Å²) in [4.78, 5) is 4.80. The highest BCUT2D eigenvalue weighted by molar-refractivity contribution is 4.87. The number of hydrogen-bond acceptors (Lipinski definition) is 3. The van der Waals surface area contributed by atoms with Crippen LogP contribution in [0.3, 0.4) is 0 Å². The topological polar surface area (TPSA) is 18.5 Å². The van der Waals surface area contributed by atoms with Crippen LogP contribution in [0.5, 0.6) is 0 Å². The minimum absolute atomic E-state index is 0.733. The second kappa shape index (κ2) is 9.01. The van der Waals surface area contributed by atoms with Crippen molar-refractivity contribution in [1.29, 1.82) is 0 Å². The molecule has 3 heteroatoms. The van der Waals surface area contributed by atoms with Gasteiger partial charge in [-0.25, -0.2) is 0 Å². The van der Waals surface area contributed by atoms with Crippen LogP contribution in [0, 0.1) is 17.8 Å². The number of nitrogens with one attached hydrogen (secondary N) is 1.